The molecule has 1 saturated carbocycles. The Morgan fingerprint density at radius 2 is 1.95 bits per heavy atom. The van der Waals surface area contributed by atoms with Crippen LogP contribution < -0.4 is 5.32 Å². The summed E-state index contributed by atoms with van der Waals surface area (Å²) in [4.78, 5) is 13.9. The molecule has 1 amide bonds. The summed E-state index contributed by atoms with van der Waals surface area (Å²) in [5.74, 6) is -0.480. The first-order valence-electron chi connectivity index (χ1n) is 7.34. The largest absolute Gasteiger partial charge is 0.404 e. The minimum Gasteiger partial charge on any atom is -0.342 e. The summed E-state index contributed by atoms with van der Waals surface area (Å²) < 4.78 is 40.2. The lowest BCUT2D eigenvalue weighted by molar-refractivity contribution is -0.222. The predicted octanol–water partition coefficient (Wildman–Crippen LogP) is 2.57. The number of rotatable bonds is 2. The summed E-state index contributed by atoms with van der Waals surface area (Å²) in [5.41, 5.74) is -2.22. The maximum Gasteiger partial charge on any atom is 0.404 e. The molecule has 1 aliphatic carbocycles. The molecular weight excluding hydrogens is 269 g/mol. The minimum atomic E-state index is -4.49. The van der Waals surface area contributed by atoms with Crippen molar-refractivity contribution in [2.45, 2.75) is 51.2 Å². The van der Waals surface area contributed by atoms with Gasteiger partial charge in [-0.25, -0.2) is 0 Å². The molecule has 1 saturated heterocycles. The fraction of sp³-hybridized carbons (Fsp3) is 0.929. The van der Waals surface area contributed by atoms with E-state index in [4.69, 9.17) is 0 Å². The smallest absolute Gasteiger partial charge is 0.342 e. The number of hydrogen-bond acceptors (Lipinski definition) is 2. The van der Waals surface area contributed by atoms with Gasteiger partial charge in [0.1, 0.15) is 0 Å². The average molecular weight is 292 g/mol. The Kier molecular flexibility index (Phi) is 4.33. The summed E-state index contributed by atoms with van der Waals surface area (Å²) >= 11 is 0. The molecule has 0 bridgehead atoms. The highest BCUT2D eigenvalue weighted by Gasteiger charge is 2.62. The Balaban J connectivity index is 2.19. The van der Waals surface area contributed by atoms with Gasteiger partial charge in [-0.05, 0) is 31.7 Å². The molecule has 6 heteroatoms. The zero-order valence-corrected chi connectivity index (χ0v) is 12.1. The Bertz CT molecular complexity index is 364. The number of carbonyl (C=O) groups is 1. The van der Waals surface area contributed by atoms with Crippen LogP contribution in [-0.4, -0.2) is 43.2 Å². The average Bonchev–Trinajstić information content (AvgIpc) is 2.87. The van der Waals surface area contributed by atoms with Crippen molar-refractivity contribution in [1.82, 2.24) is 10.2 Å². The van der Waals surface area contributed by atoms with Gasteiger partial charge in [0.2, 0.25) is 5.91 Å². The number of alkyl halides is 3. The standard InChI is InChI=1S/C14H23F3N2O/c1-10-5-3-4-6-11(10)19(2)12(20)13(14(15,16)17)7-8-18-9-13/h10-11,18H,3-9H2,1-2H3. The Hall–Kier alpha value is -0.780. The van der Waals surface area contributed by atoms with E-state index in [2.05, 4.69) is 5.32 Å². The fourth-order valence-corrected chi connectivity index (χ4v) is 3.60. The summed E-state index contributed by atoms with van der Waals surface area (Å²) in [6.45, 7) is 1.99. The van der Waals surface area contributed by atoms with Crippen molar-refractivity contribution < 1.29 is 18.0 Å². The molecule has 116 valence electrons. The predicted molar refractivity (Wildman–Crippen MR) is 70.2 cm³/mol. The zero-order valence-electron chi connectivity index (χ0n) is 12.1. The molecule has 3 atom stereocenters. The molecule has 1 heterocycles. The van der Waals surface area contributed by atoms with E-state index in [1.54, 1.807) is 7.05 Å². The molecule has 0 aromatic rings. The third-order valence-electron chi connectivity index (χ3n) is 4.99. The van der Waals surface area contributed by atoms with Gasteiger partial charge in [0.15, 0.2) is 5.41 Å². The molecule has 0 aromatic carbocycles. The minimum absolute atomic E-state index is 0.0592. The summed E-state index contributed by atoms with van der Waals surface area (Å²) in [6.07, 6.45) is -0.750. The third kappa shape index (κ3) is 2.54. The van der Waals surface area contributed by atoms with Crippen LogP contribution in [0.25, 0.3) is 0 Å². The molecule has 1 N–H and O–H groups in total. The van der Waals surface area contributed by atoms with Crippen molar-refractivity contribution in [1.29, 1.82) is 0 Å². The number of nitrogens with zero attached hydrogens (tertiary/aromatic N) is 1. The van der Waals surface area contributed by atoms with Gasteiger partial charge >= 0.3 is 6.18 Å². The van der Waals surface area contributed by atoms with E-state index in [0.717, 1.165) is 25.7 Å². The van der Waals surface area contributed by atoms with Crippen molar-refractivity contribution in [3.63, 3.8) is 0 Å². The molecule has 3 unspecified atom stereocenters. The van der Waals surface area contributed by atoms with Crippen LogP contribution >= 0.6 is 0 Å². The van der Waals surface area contributed by atoms with Gasteiger partial charge in [0, 0.05) is 19.6 Å². The van der Waals surface area contributed by atoms with E-state index in [-0.39, 0.29) is 31.5 Å². The lowest BCUT2D eigenvalue weighted by Gasteiger charge is -2.41. The normalized spacial score (nSPS) is 35.0. The second-order valence-corrected chi connectivity index (χ2v) is 6.25. The number of carbonyl (C=O) groups excluding carboxylic acids is 1. The fourth-order valence-electron chi connectivity index (χ4n) is 3.60. The zero-order chi connectivity index (χ0) is 15.0. The van der Waals surface area contributed by atoms with E-state index in [1.165, 1.54) is 4.90 Å². The van der Waals surface area contributed by atoms with E-state index in [0.29, 0.717) is 0 Å². The summed E-state index contributed by atoms with van der Waals surface area (Å²) in [7, 11) is 1.54. The first-order valence-corrected chi connectivity index (χ1v) is 7.34. The number of halogens is 3. The van der Waals surface area contributed by atoms with Crippen LogP contribution in [0.4, 0.5) is 13.2 Å². The molecule has 1 aliphatic heterocycles. The summed E-state index contributed by atoms with van der Waals surface area (Å²) in [5, 5.41) is 2.70. The third-order valence-corrected chi connectivity index (χ3v) is 4.99. The van der Waals surface area contributed by atoms with Crippen LogP contribution in [0.2, 0.25) is 0 Å². The Morgan fingerprint density at radius 1 is 1.30 bits per heavy atom. The number of nitrogens with one attached hydrogen (secondary N) is 1. The molecule has 2 aliphatic rings. The monoisotopic (exact) mass is 292 g/mol. The van der Waals surface area contributed by atoms with Crippen molar-refractivity contribution in [3.8, 4) is 0 Å². The van der Waals surface area contributed by atoms with E-state index in [9.17, 15) is 18.0 Å². The second-order valence-electron chi connectivity index (χ2n) is 6.25. The topological polar surface area (TPSA) is 32.3 Å². The number of amides is 1. The second kappa shape index (κ2) is 5.54. The maximum absolute atomic E-state index is 13.4. The van der Waals surface area contributed by atoms with Gasteiger partial charge in [0.25, 0.3) is 0 Å². The summed E-state index contributed by atoms with van der Waals surface area (Å²) in [6, 6.07) is -0.0592. The van der Waals surface area contributed by atoms with Gasteiger partial charge in [-0.1, -0.05) is 19.8 Å². The van der Waals surface area contributed by atoms with Crippen LogP contribution in [0.1, 0.15) is 39.0 Å². The van der Waals surface area contributed by atoms with Gasteiger partial charge in [-0.15, -0.1) is 0 Å². The first-order chi connectivity index (χ1) is 9.29. The highest BCUT2D eigenvalue weighted by Crippen LogP contribution is 2.45. The lowest BCUT2D eigenvalue weighted by Crippen LogP contribution is -2.56. The quantitative estimate of drug-likeness (QED) is 0.848. The van der Waals surface area contributed by atoms with Crippen LogP contribution in [0, 0.1) is 11.3 Å². The number of hydrogen-bond donors (Lipinski definition) is 1. The first kappa shape index (κ1) is 15.6. The molecule has 20 heavy (non-hydrogen) atoms. The van der Waals surface area contributed by atoms with Crippen LogP contribution in [0.5, 0.6) is 0 Å². The molecule has 3 nitrogen and oxygen atoms in total. The van der Waals surface area contributed by atoms with Crippen LogP contribution in [0.15, 0.2) is 0 Å². The van der Waals surface area contributed by atoms with Crippen molar-refractivity contribution in [3.05, 3.63) is 0 Å². The molecule has 0 spiro atoms. The highest BCUT2D eigenvalue weighted by atomic mass is 19.4. The highest BCUT2D eigenvalue weighted by molar-refractivity contribution is 5.84. The van der Waals surface area contributed by atoms with Crippen LogP contribution in [-0.2, 0) is 4.79 Å². The maximum atomic E-state index is 13.4. The molecule has 0 aromatic heterocycles. The molecule has 2 fully saturated rings. The van der Waals surface area contributed by atoms with Crippen molar-refractivity contribution in [2.75, 3.05) is 20.1 Å². The van der Waals surface area contributed by atoms with Crippen molar-refractivity contribution in [2.24, 2.45) is 11.3 Å². The molecule has 0 radical (unpaired) electrons. The molecular formula is C14H23F3N2O. The van der Waals surface area contributed by atoms with E-state index < -0.39 is 17.5 Å². The van der Waals surface area contributed by atoms with E-state index >= 15 is 0 Å². The van der Waals surface area contributed by atoms with Crippen LogP contribution in [0.3, 0.4) is 0 Å². The van der Waals surface area contributed by atoms with E-state index in [1.807, 2.05) is 6.92 Å². The van der Waals surface area contributed by atoms with Crippen molar-refractivity contribution >= 4 is 5.91 Å². The SMILES string of the molecule is CC1CCCCC1N(C)C(=O)C1(C(F)(F)F)CCNC1. The lowest BCUT2D eigenvalue weighted by atomic mass is 9.81. The molecule has 2 rings (SSSR count). The Morgan fingerprint density at radius 3 is 2.45 bits per heavy atom. The van der Waals surface area contributed by atoms with Gasteiger partial charge in [-0.2, -0.15) is 13.2 Å². The van der Waals surface area contributed by atoms with Gasteiger partial charge in [-0.3, -0.25) is 4.79 Å². The van der Waals surface area contributed by atoms with Gasteiger partial charge in [0.05, 0.1) is 0 Å². The van der Waals surface area contributed by atoms with Gasteiger partial charge < -0.3 is 10.2 Å². The Labute approximate surface area is 117 Å².